The Hall–Kier alpha value is -0.0400. The SMILES string of the molecule is CCCNC1CCCCC(C2CCC(C)C(C)C2)C1. The second-order valence-corrected chi connectivity index (χ2v) is 7.46. The molecule has 1 heteroatoms. The van der Waals surface area contributed by atoms with E-state index in [0.717, 1.165) is 29.7 Å². The van der Waals surface area contributed by atoms with Gasteiger partial charge in [0.2, 0.25) is 0 Å². The van der Waals surface area contributed by atoms with Crippen LogP contribution in [0.15, 0.2) is 0 Å². The van der Waals surface area contributed by atoms with Gasteiger partial charge in [-0.25, -0.2) is 0 Å². The van der Waals surface area contributed by atoms with Gasteiger partial charge in [-0.1, -0.05) is 46.5 Å². The van der Waals surface area contributed by atoms with E-state index < -0.39 is 0 Å². The van der Waals surface area contributed by atoms with Gasteiger partial charge in [-0.15, -0.1) is 0 Å². The van der Waals surface area contributed by atoms with Crippen LogP contribution in [0, 0.1) is 23.7 Å². The lowest BCUT2D eigenvalue weighted by molar-refractivity contribution is 0.141. The van der Waals surface area contributed by atoms with Crippen molar-refractivity contribution < 1.29 is 0 Å². The quantitative estimate of drug-likeness (QED) is 0.705. The summed E-state index contributed by atoms with van der Waals surface area (Å²) in [5, 5.41) is 3.80. The molecule has 5 unspecified atom stereocenters. The lowest BCUT2D eigenvalue weighted by Gasteiger charge is -2.37. The van der Waals surface area contributed by atoms with Crippen molar-refractivity contribution in [3.05, 3.63) is 0 Å². The Labute approximate surface area is 120 Å². The summed E-state index contributed by atoms with van der Waals surface area (Å²) in [4.78, 5) is 0. The van der Waals surface area contributed by atoms with Gasteiger partial charge in [0.05, 0.1) is 0 Å². The minimum atomic E-state index is 0.821. The van der Waals surface area contributed by atoms with Gasteiger partial charge in [-0.3, -0.25) is 0 Å². The van der Waals surface area contributed by atoms with E-state index in [2.05, 4.69) is 26.1 Å². The number of rotatable bonds is 4. The van der Waals surface area contributed by atoms with Gasteiger partial charge in [0.25, 0.3) is 0 Å². The van der Waals surface area contributed by atoms with Gasteiger partial charge >= 0.3 is 0 Å². The van der Waals surface area contributed by atoms with Crippen LogP contribution in [0.3, 0.4) is 0 Å². The van der Waals surface area contributed by atoms with E-state index in [1.54, 1.807) is 0 Å². The summed E-state index contributed by atoms with van der Waals surface area (Å²) < 4.78 is 0. The summed E-state index contributed by atoms with van der Waals surface area (Å²) in [6, 6.07) is 0.821. The first kappa shape index (κ1) is 15.4. The predicted molar refractivity (Wildman–Crippen MR) is 84.3 cm³/mol. The fraction of sp³-hybridized carbons (Fsp3) is 1.00. The van der Waals surface area contributed by atoms with E-state index in [9.17, 15) is 0 Å². The highest BCUT2D eigenvalue weighted by Crippen LogP contribution is 2.41. The van der Waals surface area contributed by atoms with Gasteiger partial charge in [0.15, 0.2) is 0 Å². The van der Waals surface area contributed by atoms with E-state index in [4.69, 9.17) is 0 Å². The molecule has 2 aliphatic rings. The summed E-state index contributed by atoms with van der Waals surface area (Å²) in [7, 11) is 0. The highest BCUT2D eigenvalue weighted by Gasteiger charge is 2.32. The standard InChI is InChI=1S/C18H35N/c1-4-11-19-18-8-6-5-7-16(13-18)17-10-9-14(2)15(3)12-17/h14-19H,4-13H2,1-3H3. The van der Waals surface area contributed by atoms with E-state index in [-0.39, 0.29) is 0 Å². The minimum absolute atomic E-state index is 0.821. The summed E-state index contributed by atoms with van der Waals surface area (Å²) in [5.74, 6) is 3.99. The predicted octanol–water partition coefficient (Wildman–Crippen LogP) is 5.01. The summed E-state index contributed by atoms with van der Waals surface area (Å²) in [6.45, 7) is 8.45. The van der Waals surface area contributed by atoms with Crippen LogP contribution in [0.25, 0.3) is 0 Å². The molecule has 5 atom stereocenters. The molecule has 1 nitrogen and oxygen atoms in total. The molecule has 0 aromatic carbocycles. The molecule has 0 aliphatic heterocycles. The van der Waals surface area contributed by atoms with Crippen molar-refractivity contribution in [3.8, 4) is 0 Å². The van der Waals surface area contributed by atoms with Crippen molar-refractivity contribution in [1.82, 2.24) is 5.32 Å². The Morgan fingerprint density at radius 1 is 0.842 bits per heavy atom. The van der Waals surface area contributed by atoms with Gasteiger partial charge in [0.1, 0.15) is 0 Å². The molecule has 0 aromatic rings. The largest absolute Gasteiger partial charge is 0.314 e. The number of hydrogen-bond acceptors (Lipinski definition) is 1. The van der Waals surface area contributed by atoms with E-state index in [0.29, 0.717) is 0 Å². The van der Waals surface area contributed by atoms with Crippen LogP contribution >= 0.6 is 0 Å². The summed E-state index contributed by atoms with van der Waals surface area (Å²) in [6.07, 6.45) is 13.1. The third-order valence-electron chi connectivity index (χ3n) is 5.95. The molecular formula is C18H35N. The highest BCUT2D eigenvalue weighted by molar-refractivity contribution is 4.84. The lowest BCUT2D eigenvalue weighted by atomic mass is 9.69. The Balaban J connectivity index is 1.87. The molecule has 0 spiro atoms. The third kappa shape index (κ3) is 4.48. The summed E-state index contributed by atoms with van der Waals surface area (Å²) in [5.41, 5.74) is 0. The summed E-state index contributed by atoms with van der Waals surface area (Å²) >= 11 is 0. The molecule has 0 aromatic heterocycles. The van der Waals surface area contributed by atoms with Gasteiger partial charge in [-0.2, -0.15) is 0 Å². The zero-order valence-corrected chi connectivity index (χ0v) is 13.5. The average Bonchev–Trinajstić information content (AvgIpc) is 2.65. The van der Waals surface area contributed by atoms with Crippen LogP contribution in [0.2, 0.25) is 0 Å². The van der Waals surface area contributed by atoms with Crippen LogP contribution in [-0.2, 0) is 0 Å². The zero-order valence-electron chi connectivity index (χ0n) is 13.5. The first-order valence-corrected chi connectivity index (χ1v) is 8.94. The maximum Gasteiger partial charge on any atom is 0.00698 e. The van der Waals surface area contributed by atoms with Crippen LogP contribution in [0.4, 0.5) is 0 Å². The fourth-order valence-electron chi connectivity index (χ4n) is 4.38. The molecule has 0 bridgehead atoms. The molecule has 1 N–H and O–H groups in total. The number of hydrogen-bond donors (Lipinski definition) is 1. The van der Waals surface area contributed by atoms with Crippen LogP contribution in [0.1, 0.15) is 78.6 Å². The molecule has 19 heavy (non-hydrogen) atoms. The van der Waals surface area contributed by atoms with Crippen molar-refractivity contribution >= 4 is 0 Å². The lowest BCUT2D eigenvalue weighted by Crippen LogP contribution is -2.34. The Bertz CT molecular complexity index is 250. The van der Waals surface area contributed by atoms with E-state index >= 15 is 0 Å². The van der Waals surface area contributed by atoms with E-state index in [1.807, 2.05) is 0 Å². The topological polar surface area (TPSA) is 12.0 Å². The average molecular weight is 265 g/mol. The van der Waals surface area contributed by atoms with Crippen molar-refractivity contribution in [3.63, 3.8) is 0 Å². The van der Waals surface area contributed by atoms with Gasteiger partial charge in [0, 0.05) is 6.04 Å². The van der Waals surface area contributed by atoms with Crippen molar-refractivity contribution in [1.29, 1.82) is 0 Å². The normalized spacial score (nSPS) is 40.9. The second-order valence-electron chi connectivity index (χ2n) is 7.46. The first-order valence-electron chi connectivity index (χ1n) is 8.94. The monoisotopic (exact) mass is 265 g/mol. The zero-order chi connectivity index (χ0) is 13.7. The van der Waals surface area contributed by atoms with Crippen molar-refractivity contribution in [2.24, 2.45) is 23.7 Å². The molecule has 2 aliphatic carbocycles. The first-order chi connectivity index (χ1) is 9.20. The molecule has 2 fully saturated rings. The molecule has 112 valence electrons. The molecule has 0 amide bonds. The second kappa shape index (κ2) is 7.67. The van der Waals surface area contributed by atoms with Crippen LogP contribution in [-0.4, -0.2) is 12.6 Å². The Morgan fingerprint density at radius 2 is 1.58 bits per heavy atom. The minimum Gasteiger partial charge on any atom is -0.314 e. The highest BCUT2D eigenvalue weighted by atomic mass is 14.9. The van der Waals surface area contributed by atoms with Crippen molar-refractivity contribution in [2.45, 2.75) is 84.6 Å². The molecule has 2 saturated carbocycles. The molecular weight excluding hydrogens is 230 g/mol. The van der Waals surface area contributed by atoms with E-state index in [1.165, 1.54) is 64.3 Å². The van der Waals surface area contributed by atoms with Crippen LogP contribution < -0.4 is 5.32 Å². The Morgan fingerprint density at radius 3 is 2.32 bits per heavy atom. The number of nitrogens with one attached hydrogen (secondary N) is 1. The smallest absolute Gasteiger partial charge is 0.00698 e. The molecule has 2 rings (SSSR count). The maximum atomic E-state index is 3.80. The Kier molecular flexibility index (Phi) is 6.19. The molecule has 0 heterocycles. The maximum absolute atomic E-state index is 3.80. The van der Waals surface area contributed by atoms with Crippen LogP contribution in [0.5, 0.6) is 0 Å². The van der Waals surface area contributed by atoms with Crippen molar-refractivity contribution in [2.75, 3.05) is 6.54 Å². The molecule has 0 radical (unpaired) electrons. The third-order valence-corrected chi connectivity index (χ3v) is 5.95. The van der Waals surface area contributed by atoms with Gasteiger partial charge < -0.3 is 5.32 Å². The fourth-order valence-corrected chi connectivity index (χ4v) is 4.38. The molecule has 0 saturated heterocycles. The van der Waals surface area contributed by atoms with Gasteiger partial charge in [-0.05, 0) is 62.3 Å².